The molecule has 6 heteroatoms. The summed E-state index contributed by atoms with van der Waals surface area (Å²) in [5.74, 6) is 1.20. The van der Waals surface area contributed by atoms with E-state index in [0.717, 1.165) is 11.4 Å². The van der Waals surface area contributed by atoms with Gasteiger partial charge in [0.05, 0.1) is 19.3 Å². The average Bonchev–Trinajstić information content (AvgIpc) is 3.02. The number of anilines is 1. The zero-order valence-corrected chi connectivity index (χ0v) is 15.8. The molecule has 0 bridgehead atoms. The van der Waals surface area contributed by atoms with Crippen LogP contribution in [0.4, 0.5) is 5.69 Å². The first kappa shape index (κ1) is 18.8. The molecular weight excluding hydrogens is 344 g/mol. The zero-order chi connectivity index (χ0) is 19.4. The molecule has 1 N–H and O–H groups in total. The van der Waals surface area contributed by atoms with E-state index in [1.807, 2.05) is 38.1 Å². The summed E-state index contributed by atoms with van der Waals surface area (Å²) >= 11 is 0. The Morgan fingerprint density at radius 1 is 1.15 bits per heavy atom. The Kier molecular flexibility index (Phi) is 5.64. The topological polar surface area (TPSA) is 67.9 Å². The highest BCUT2D eigenvalue weighted by Crippen LogP contribution is 2.25. The lowest BCUT2D eigenvalue weighted by atomic mass is 10.1. The third kappa shape index (κ3) is 4.58. The molecule has 2 aromatic rings. The first-order valence-electron chi connectivity index (χ1n) is 8.98. The van der Waals surface area contributed by atoms with E-state index in [1.54, 1.807) is 36.3 Å². The van der Waals surface area contributed by atoms with Crippen molar-refractivity contribution in [2.24, 2.45) is 0 Å². The summed E-state index contributed by atoms with van der Waals surface area (Å²) in [5, 5.41) is 2.94. The van der Waals surface area contributed by atoms with Crippen molar-refractivity contribution in [3.63, 3.8) is 0 Å². The number of nitrogens with one attached hydrogen (secondary N) is 1. The summed E-state index contributed by atoms with van der Waals surface area (Å²) in [7, 11) is 1.59. The van der Waals surface area contributed by atoms with Gasteiger partial charge < -0.3 is 19.7 Å². The summed E-state index contributed by atoms with van der Waals surface area (Å²) < 4.78 is 10.8. The van der Waals surface area contributed by atoms with Gasteiger partial charge in [0.15, 0.2) is 0 Å². The van der Waals surface area contributed by atoms with E-state index in [9.17, 15) is 9.59 Å². The quantitative estimate of drug-likeness (QED) is 0.851. The number of hydrogen-bond donors (Lipinski definition) is 1. The number of carbonyl (C=O) groups excluding carboxylic acids is 2. The van der Waals surface area contributed by atoms with Gasteiger partial charge in [0, 0.05) is 30.3 Å². The fourth-order valence-electron chi connectivity index (χ4n) is 3.06. The highest BCUT2D eigenvalue weighted by Gasteiger charge is 2.31. The van der Waals surface area contributed by atoms with Crippen LogP contribution in [0.1, 0.15) is 30.6 Å². The van der Waals surface area contributed by atoms with Crippen LogP contribution in [0.25, 0.3) is 0 Å². The van der Waals surface area contributed by atoms with Gasteiger partial charge in [-0.2, -0.15) is 0 Å². The minimum atomic E-state index is -0.234. The van der Waals surface area contributed by atoms with Crippen LogP contribution in [-0.4, -0.2) is 37.6 Å². The van der Waals surface area contributed by atoms with Gasteiger partial charge in [-0.05, 0) is 50.2 Å². The highest BCUT2D eigenvalue weighted by molar-refractivity contribution is 5.99. The Morgan fingerprint density at radius 2 is 1.89 bits per heavy atom. The first-order valence-corrected chi connectivity index (χ1v) is 8.98. The van der Waals surface area contributed by atoms with Crippen molar-refractivity contribution < 1.29 is 19.1 Å². The predicted molar refractivity (Wildman–Crippen MR) is 103 cm³/mol. The van der Waals surface area contributed by atoms with E-state index in [4.69, 9.17) is 9.47 Å². The molecule has 0 unspecified atom stereocenters. The summed E-state index contributed by atoms with van der Waals surface area (Å²) in [6.07, 6.45) is 0.356. The average molecular weight is 368 g/mol. The Bertz CT molecular complexity index is 817. The van der Waals surface area contributed by atoms with E-state index in [0.29, 0.717) is 17.9 Å². The molecule has 1 saturated heterocycles. The largest absolute Gasteiger partial charge is 0.497 e. The zero-order valence-electron chi connectivity index (χ0n) is 15.8. The molecule has 1 atom stereocenters. The van der Waals surface area contributed by atoms with Crippen molar-refractivity contribution in [2.75, 3.05) is 18.6 Å². The number of amides is 2. The maximum Gasteiger partial charge on any atom is 0.251 e. The Morgan fingerprint density at radius 3 is 2.56 bits per heavy atom. The van der Waals surface area contributed by atoms with Gasteiger partial charge in [-0.15, -0.1) is 0 Å². The van der Waals surface area contributed by atoms with Crippen LogP contribution in [0, 0.1) is 0 Å². The molecule has 1 heterocycles. The second-order valence-electron chi connectivity index (χ2n) is 6.77. The minimum Gasteiger partial charge on any atom is -0.497 e. The van der Waals surface area contributed by atoms with Gasteiger partial charge in [0.2, 0.25) is 5.91 Å². The molecule has 1 aliphatic heterocycles. The van der Waals surface area contributed by atoms with Gasteiger partial charge in [-0.1, -0.05) is 6.07 Å². The molecule has 1 aliphatic rings. The molecular formula is C21H24N2O4. The number of methoxy groups -OCH3 is 1. The van der Waals surface area contributed by atoms with E-state index in [1.165, 1.54) is 0 Å². The number of rotatable bonds is 6. The second kappa shape index (κ2) is 8.12. The van der Waals surface area contributed by atoms with Gasteiger partial charge in [-0.25, -0.2) is 0 Å². The molecule has 27 heavy (non-hydrogen) atoms. The fraction of sp³-hybridized carbons (Fsp3) is 0.333. The third-order valence-electron chi connectivity index (χ3n) is 4.31. The molecule has 2 amide bonds. The molecule has 0 saturated carbocycles. The van der Waals surface area contributed by atoms with Crippen molar-refractivity contribution in [2.45, 2.75) is 32.4 Å². The summed E-state index contributed by atoms with van der Waals surface area (Å²) in [4.78, 5) is 26.5. The van der Waals surface area contributed by atoms with E-state index in [2.05, 4.69) is 5.32 Å². The number of ether oxygens (including phenoxy) is 2. The third-order valence-corrected chi connectivity index (χ3v) is 4.31. The summed E-state index contributed by atoms with van der Waals surface area (Å²) in [6.45, 7) is 4.34. The van der Waals surface area contributed by atoms with Gasteiger partial charge in [0.1, 0.15) is 11.5 Å². The Labute approximate surface area is 159 Å². The van der Waals surface area contributed by atoms with Crippen LogP contribution >= 0.6 is 0 Å². The van der Waals surface area contributed by atoms with Crippen molar-refractivity contribution in [1.82, 2.24) is 5.32 Å². The van der Waals surface area contributed by atoms with Crippen molar-refractivity contribution in [3.8, 4) is 11.5 Å². The van der Waals surface area contributed by atoms with Crippen molar-refractivity contribution in [3.05, 3.63) is 54.1 Å². The lowest BCUT2D eigenvalue weighted by Crippen LogP contribution is -2.37. The maximum atomic E-state index is 12.5. The Balaban J connectivity index is 1.63. The molecule has 1 fully saturated rings. The number of nitrogens with zero attached hydrogens (tertiary/aromatic N) is 1. The van der Waals surface area contributed by atoms with Crippen LogP contribution < -0.4 is 19.7 Å². The lowest BCUT2D eigenvalue weighted by molar-refractivity contribution is -0.117. The van der Waals surface area contributed by atoms with Gasteiger partial charge in [0.25, 0.3) is 5.91 Å². The van der Waals surface area contributed by atoms with Crippen LogP contribution in [0.3, 0.4) is 0 Å². The van der Waals surface area contributed by atoms with Crippen LogP contribution in [-0.2, 0) is 4.79 Å². The standard InChI is InChI=1S/C21H24N2O4/c1-14(2)27-18-9-7-15(8-10-18)21(25)22-16-11-20(24)23(13-16)17-5-4-6-19(12-17)26-3/h4-10,12,14,16H,11,13H2,1-3H3,(H,22,25)/t16-/m1/s1. The molecule has 142 valence electrons. The molecule has 2 aromatic carbocycles. The summed E-state index contributed by atoms with van der Waals surface area (Å²) in [5.41, 5.74) is 1.31. The van der Waals surface area contributed by atoms with E-state index in [-0.39, 0.29) is 30.4 Å². The van der Waals surface area contributed by atoms with Crippen LogP contribution in [0.5, 0.6) is 11.5 Å². The fourth-order valence-corrected chi connectivity index (χ4v) is 3.06. The van der Waals surface area contributed by atoms with Crippen molar-refractivity contribution >= 4 is 17.5 Å². The molecule has 6 nitrogen and oxygen atoms in total. The number of hydrogen-bond acceptors (Lipinski definition) is 4. The van der Waals surface area contributed by atoms with Crippen LogP contribution in [0.2, 0.25) is 0 Å². The number of carbonyl (C=O) groups is 2. The van der Waals surface area contributed by atoms with Crippen molar-refractivity contribution in [1.29, 1.82) is 0 Å². The molecule has 0 spiro atoms. The maximum absolute atomic E-state index is 12.5. The molecule has 0 aliphatic carbocycles. The molecule has 0 radical (unpaired) electrons. The lowest BCUT2D eigenvalue weighted by Gasteiger charge is -2.18. The minimum absolute atomic E-state index is 0.0192. The highest BCUT2D eigenvalue weighted by atomic mass is 16.5. The predicted octanol–water partition coefficient (Wildman–Crippen LogP) is 3.02. The van der Waals surface area contributed by atoms with Gasteiger partial charge >= 0.3 is 0 Å². The second-order valence-corrected chi connectivity index (χ2v) is 6.77. The van der Waals surface area contributed by atoms with E-state index >= 15 is 0 Å². The number of benzene rings is 2. The molecule has 3 rings (SSSR count). The monoisotopic (exact) mass is 368 g/mol. The molecule has 0 aromatic heterocycles. The first-order chi connectivity index (χ1) is 13.0. The van der Waals surface area contributed by atoms with Gasteiger partial charge in [-0.3, -0.25) is 9.59 Å². The Hall–Kier alpha value is -3.02. The van der Waals surface area contributed by atoms with E-state index < -0.39 is 0 Å². The SMILES string of the molecule is COc1cccc(N2C[C@H](NC(=O)c3ccc(OC(C)C)cc3)CC2=O)c1. The smallest absolute Gasteiger partial charge is 0.251 e. The normalized spacial score (nSPS) is 16.5. The summed E-state index contributed by atoms with van der Waals surface area (Å²) in [6, 6.07) is 14.1. The van der Waals surface area contributed by atoms with Crippen LogP contribution in [0.15, 0.2) is 48.5 Å².